The number of ether oxygens (including phenoxy) is 1. The predicted molar refractivity (Wildman–Crippen MR) is 77.2 cm³/mol. The Balaban J connectivity index is 2.47. The molecule has 0 saturated heterocycles. The summed E-state index contributed by atoms with van der Waals surface area (Å²) in [4.78, 5) is 2.42. The molecule has 1 aromatic rings. The molecule has 3 heteroatoms. The molecule has 1 N–H and O–H groups in total. The van der Waals surface area contributed by atoms with Crippen LogP contribution in [0.25, 0.3) is 0 Å². The Hall–Kier alpha value is -1.06. The average molecular weight is 250 g/mol. The Bertz CT molecular complexity index is 337. The van der Waals surface area contributed by atoms with E-state index in [9.17, 15) is 0 Å². The molecule has 0 aliphatic carbocycles. The molecule has 0 aromatic heterocycles. The second-order valence-corrected chi connectivity index (χ2v) is 4.44. The summed E-state index contributed by atoms with van der Waals surface area (Å²) in [5.74, 6) is 0.959. The first-order valence-corrected chi connectivity index (χ1v) is 6.81. The number of methoxy groups -OCH3 is 1. The SMILES string of the molecule is CCN(CC)CCN[C@@H](C)c1ccccc1OC. The molecule has 0 spiro atoms. The van der Waals surface area contributed by atoms with Crippen LogP contribution in [0.5, 0.6) is 5.75 Å². The van der Waals surface area contributed by atoms with Gasteiger partial charge < -0.3 is 15.0 Å². The van der Waals surface area contributed by atoms with Gasteiger partial charge in [-0.05, 0) is 26.1 Å². The maximum Gasteiger partial charge on any atom is 0.123 e. The van der Waals surface area contributed by atoms with Crippen LogP contribution in [0.4, 0.5) is 0 Å². The number of para-hydroxylation sites is 1. The average Bonchev–Trinajstić information content (AvgIpc) is 2.43. The topological polar surface area (TPSA) is 24.5 Å². The molecule has 0 unspecified atom stereocenters. The first-order chi connectivity index (χ1) is 8.72. The van der Waals surface area contributed by atoms with Gasteiger partial charge in [0.2, 0.25) is 0 Å². The Labute approximate surface area is 111 Å². The summed E-state index contributed by atoms with van der Waals surface area (Å²) < 4.78 is 5.39. The van der Waals surface area contributed by atoms with Crippen LogP contribution in [-0.4, -0.2) is 38.2 Å². The first-order valence-electron chi connectivity index (χ1n) is 6.81. The van der Waals surface area contributed by atoms with E-state index < -0.39 is 0 Å². The van der Waals surface area contributed by atoms with E-state index in [0.29, 0.717) is 6.04 Å². The molecule has 1 aromatic carbocycles. The molecule has 102 valence electrons. The lowest BCUT2D eigenvalue weighted by Crippen LogP contribution is -2.33. The zero-order valence-electron chi connectivity index (χ0n) is 12.1. The van der Waals surface area contributed by atoms with Crippen molar-refractivity contribution in [3.63, 3.8) is 0 Å². The molecular weight excluding hydrogens is 224 g/mol. The third-order valence-electron chi connectivity index (χ3n) is 3.38. The van der Waals surface area contributed by atoms with Gasteiger partial charge >= 0.3 is 0 Å². The van der Waals surface area contributed by atoms with E-state index in [1.807, 2.05) is 12.1 Å². The molecule has 0 bridgehead atoms. The largest absolute Gasteiger partial charge is 0.496 e. The van der Waals surface area contributed by atoms with Gasteiger partial charge in [0.25, 0.3) is 0 Å². The van der Waals surface area contributed by atoms with Gasteiger partial charge in [-0.1, -0.05) is 32.0 Å². The van der Waals surface area contributed by atoms with Crippen LogP contribution in [0, 0.1) is 0 Å². The van der Waals surface area contributed by atoms with Gasteiger partial charge in [-0.2, -0.15) is 0 Å². The molecule has 0 radical (unpaired) electrons. The maximum absolute atomic E-state index is 5.39. The van der Waals surface area contributed by atoms with E-state index in [-0.39, 0.29) is 0 Å². The minimum atomic E-state index is 0.316. The molecular formula is C15H26N2O. The molecule has 0 heterocycles. The van der Waals surface area contributed by atoms with E-state index in [2.05, 4.69) is 43.1 Å². The summed E-state index contributed by atoms with van der Waals surface area (Å²) in [7, 11) is 1.72. The van der Waals surface area contributed by atoms with Crippen LogP contribution in [0.1, 0.15) is 32.4 Å². The van der Waals surface area contributed by atoms with Gasteiger partial charge in [0.05, 0.1) is 7.11 Å². The van der Waals surface area contributed by atoms with E-state index in [1.54, 1.807) is 7.11 Å². The Morgan fingerprint density at radius 2 is 1.89 bits per heavy atom. The van der Waals surface area contributed by atoms with Crippen molar-refractivity contribution in [3.8, 4) is 5.75 Å². The van der Waals surface area contributed by atoms with Crippen LogP contribution in [0.3, 0.4) is 0 Å². The number of nitrogens with zero attached hydrogens (tertiary/aromatic N) is 1. The second-order valence-electron chi connectivity index (χ2n) is 4.44. The van der Waals surface area contributed by atoms with E-state index in [1.165, 1.54) is 5.56 Å². The molecule has 3 nitrogen and oxygen atoms in total. The minimum absolute atomic E-state index is 0.316. The highest BCUT2D eigenvalue weighted by atomic mass is 16.5. The highest BCUT2D eigenvalue weighted by Crippen LogP contribution is 2.23. The zero-order chi connectivity index (χ0) is 13.4. The third kappa shape index (κ3) is 4.31. The van der Waals surface area contributed by atoms with Gasteiger partial charge in [-0.3, -0.25) is 0 Å². The Kier molecular flexibility index (Phi) is 6.76. The Morgan fingerprint density at radius 1 is 1.22 bits per heavy atom. The molecule has 1 rings (SSSR count). The van der Waals surface area contributed by atoms with Crippen molar-refractivity contribution in [2.75, 3.05) is 33.3 Å². The fraction of sp³-hybridized carbons (Fsp3) is 0.600. The van der Waals surface area contributed by atoms with Gasteiger partial charge in [-0.25, -0.2) is 0 Å². The quantitative estimate of drug-likeness (QED) is 0.767. The number of hydrogen-bond acceptors (Lipinski definition) is 3. The smallest absolute Gasteiger partial charge is 0.123 e. The fourth-order valence-corrected chi connectivity index (χ4v) is 2.11. The summed E-state index contributed by atoms with van der Waals surface area (Å²) >= 11 is 0. The van der Waals surface area contributed by atoms with Crippen LogP contribution < -0.4 is 10.1 Å². The summed E-state index contributed by atoms with van der Waals surface area (Å²) in [6, 6.07) is 8.51. The Morgan fingerprint density at radius 3 is 2.50 bits per heavy atom. The van der Waals surface area contributed by atoms with Gasteiger partial charge in [-0.15, -0.1) is 0 Å². The van der Waals surface area contributed by atoms with Crippen LogP contribution in [0.2, 0.25) is 0 Å². The number of nitrogens with one attached hydrogen (secondary N) is 1. The van der Waals surface area contributed by atoms with Gasteiger partial charge in [0.15, 0.2) is 0 Å². The molecule has 0 aliphatic heterocycles. The fourth-order valence-electron chi connectivity index (χ4n) is 2.11. The van der Waals surface area contributed by atoms with Crippen molar-refractivity contribution in [2.24, 2.45) is 0 Å². The third-order valence-corrected chi connectivity index (χ3v) is 3.38. The van der Waals surface area contributed by atoms with Crippen molar-refractivity contribution in [2.45, 2.75) is 26.8 Å². The highest BCUT2D eigenvalue weighted by Gasteiger charge is 2.10. The molecule has 1 atom stereocenters. The van der Waals surface area contributed by atoms with E-state index >= 15 is 0 Å². The summed E-state index contributed by atoms with van der Waals surface area (Å²) in [5.41, 5.74) is 1.22. The molecule has 0 amide bonds. The summed E-state index contributed by atoms with van der Waals surface area (Å²) in [6.07, 6.45) is 0. The molecule has 0 fully saturated rings. The van der Waals surface area contributed by atoms with Crippen LogP contribution in [-0.2, 0) is 0 Å². The van der Waals surface area contributed by atoms with Crippen molar-refractivity contribution in [1.82, 2.24) is 10.2 Å². The molecule has 0 saturated carbocycles. The number of rotatable bonds is 8. The lowest BCUT2D eigenvalue weighted by atomic mass is 10.1. The monoisotopic (exact) mass is 250 g/mol. The lowest BCUT2D eigenvalue weighted by Gasteiger charge is -2.21. The number of likely N-dealkylation sites (N-methyl/N-ethyl adjacent to an activating group) is 1. The zero-order valence-corrected chi connectivity index (χ0v) is 12.1. The van der Waals surface area contributed by atoms with Crippen molar-refractivity contribution < 1.29 is 4.74 Å². The van der Waals surface area contributed by atoms with Gasteiger partial charge in [0, 0.05) is 24.7 Å². The molecule has 18 heavy (non-hydrogen) atoms. The molecule has 0 aliphatic rings. The highest BCUT2D eigenvalue weighted by molar-refractivity contribution is 5.35. The minimum Gasteiger partial charge on any atom is -0.496 e. The summed E-state index contributed by atoms with van der Waals surface area (Å²) in [5, 5.41) is 3.55. The lowest BCUT2D eigenvalue weighted by molar-refractivity contribution is 0.297. The normalized spacial score (nSPS) is 12.7. The maximum atomic E-state index is 5.39. The second kappa shape index (κ2) is 8.11. The van der Waals surface area contributed by atoms with E-state index in [4.69, 9.17) is 4.74 Å². The summed E-state index contributed by atoms with van der Waals surface area (Å²) in [6.45, 7) is 10.9. The standard InChI is InChI=1S/C15H26N2O/c1-5-17(6-2)12-11-16-13(3)14-9-7-8-10-15(14)18-4/h7-10,13,16H,5-6,11-12H2,1-4H3/t13-/m0/s1. The number of benzene rings is 1. The first kappa shape index (κ1) is 15.0. The van der Waals surface area contributed by atoms with Gasteiger partial charge in [0.1, 0.15) is 5.75 Å². The predicted octanol–water partition coefficient (Wildman–Crippen LogP) is 2.69. The number of hydrogen-bond donors (Lipinski definition) is 1. The van der Waals surface area contributed by atoms with E-state index in [0.717, 1.165) is 31.9 Å². The van der Waals surface area contributed by atoms with Crippen molar-refractivity contribution in [3.05, 3.63) is 29.8 Å². The van der Waals surface area contributed by atoms with Crippen LogP contribution in [0.15, 0.2) is 24.3 Å². The van der Waals surface area contributed by atoms with Crippen molar-refractivity contribution >= 4 is 0 Å². The van der Waals surface area contributed by atoms with Crippen molar-refractivity contribution in [1.29, 1.82) is 0 Å². The van der Waals surface area contributed by atoms with Crippen LogP contribution >= 0.6 is 0 Å².